The summed E-state index contributed by atoms with van der Waals surface area (Å²) in [6, 6.07) is 7.77. The first-order valence-corrected chi connectivity index (χ1v) is 12.1. The van der Waals surface area contributed by atoms with Crippen molar-refractivity contribution in [2.75, 3.05) is 32.8 Å². The number of aromatic nitrogens is 4. The van der Waals surface area contributed by atoms with E-state index in [0.717, 1.165) is 50.0 Å². The highest BCUT2D eigenvalue weighted by Crippen LogP contribution is 2.20. The van der Waals surface area contributed by atoms with Crippen molar-refractivity contribution in [3.63, 3.8) is 0 Å². The second-order valence-corrected chi connectivity index (χ2v) is 9.49. The van der Waals surface area contributed by atoms with Gasteiger partial charge in [-0.15, -0.1) is 5.10 Å². The molecule has 8 heteroatoms. The predicted octanol–water partition coefficient (Wildman–Crippen LogP) is 0.197. The summed E-state index contributed by atoms with van der Waals surface area (Å²) in [7, 11) is 0. The minimum Gasteiger partial charge on any atom is -0.376 e. The first-order valence-electron chi connectivity index (χ1n) is 12.1. The van der Waals surface area contributed by atoms with Gasteiger partial charge in [-0.2, -0.15) is 0 Å². The van der Waals surface area contributed by atoms with Crippen molar-refractivity contribution in [3.8, 4) is 0 Å². The Morgan fingerprint density at radius 2 is 1.77 bits per heavy atom. The molecule has 0 radical (unpaired) electrons. The topological polar surface area (TPSA) is 61.7 Å². The Labute approximate surface area is 183 Å². The highest BCUT2D eigenvalue weighted by molar-refractivity contribution is 5.23. The van der Waals surface area contributed by atoms with Crippen LogP contribution >= 0.6 is 0 Å². The number of piperazine rings is 1. The number of benzene rings is 1. The second-order valence-electron chi connectivity index (χ2n) is 9.49. The number of tetrazole rings is 1. The number of hydrogen-bond donors (Lipinski definition) is 2. The first-order chi connectivity index (χ1) is 15.3. The SMILES string of the molecule is Fc1ccc([C@H](c2nnnn2C[C@@H]2CCCO2)[NH+]2CC[NH+](C3CCCCC3)CC2)cc1. The monoisotopic (exact) mass is 430 g/mol. The van der Waals surface area contributed by atoms with E-state index in [1.165, 1.54) is 50.1 Å². The van der Waals surface area contributed by atoms with E-state index in [1.807, 2.05) is 16.8 Å². The first kappa shape index (κ1) is 21.0. The minimum atomic E-state index is -0.206. The average Bonchev–Trinajstić information content (AvgIpc) is 3.49. The third kappa shape index (κ3) is 4.81. The number of nitrogens with one attached hydrogen (secondary N) is 2. The highest BCUT2D eigenvalue weighted by atomic mass is 19.1. The maximum atomic E-state index is 13.7. The Hall–Kier alpha value is -1.90. The molecule has 0 spiro atoms. The number of nitrogens with zero attached hydrogens (tertiary/aromatic N) is 4. The van der Waals surface area contributed by atoms with Gasteiger partial charge in [-0.25, -0.2) is 9.07 Å². The molecule has 168 valence electrons. The maximum absolute atomic E-state index is 13.7. The van der Waals surface area contributed by atoms with Crippen LogP contribution in [-0.2, 0) is 11.3 Å². The van der Waals surface area contributed by atoms with E-state index in [4.69, 9.17) is 4.74 Å². The fourth-order valence-corrected chi connectivity index (χ4v) is 5.85. The zero-order chi connectivity index (χ0) is 21.0. The molecule has 2 N–H and O–H groups in total. The van der Waals surface area contributed by atoms with Gasteiger partial charge in [0, 0.05) is 12.2 Å². The highest BCUT2D eigenvalue weighted by Gasteiger charge is 2.38. The average molecular weight is 431 g/mol. The Morgan fingerprint density at radius 3 is 2.48 bits per heavy atom. The van der Waals surface area contributed by atoms with Crippen LogP contribution < -0.4 is 9.80 Å². The van der Waals surface area contributed by atoms with Crippen molar-refractivity contribution in [1.82, 2.24) is 20.2 Å². The van der Waals surface area contributed by atoms with Gasteiger partial charge in [0.05, 0.1) is 18.7 Å². The molecule has 0 amide bonds. The lowest BCUT2D eigenvalue weighted by Gasteiger charge is -2.38. The molecule has 2 aromatic rings. The zero-order valence-electron chi connectivity index (χ0n) is 18.3. The van der Waals surface area contributed by atoms with E-state index in [1.54, 1.807) is 17.0 Å². The van der Waals surface area contributed by atoms with Crippen LogP contribution in [0.2, 0.25) is 0 Å². The molecule has 7 nitrogen and oxygen atoms in total. The van der Waals surface area contributed by atoms with Crippen LogP contribution in [0.15, 0.2) is 24.3 Å². The molecule has 3 aliphatic rings. The number of hydrogen-bond acceptors (Lipinski definition) is 4. The van der Waals surface area contributed by atoms with Gasteiger partial charge in [0.25, 0.3) is 0 Å². The molecule has 1 aliphatic carbocycles. The van der Waals surface area contributed by atoms with Crippen molar-refractivity contribution in [2.45, 2.75) is 69.7 Å². The predicted molar refractivity (Wildman–Crippen MR) is 113 cm³/mol. The fraction of sp³-hybridized carbons (Fsp3) is 0.696. The van der Waals surface area contributed by atoms with Gasteiger partial charge in [0.1, 0.15) is 32.0 Å². The van der Waals surface area contributed by atoms with Gasteiger partial charge < -0.3 is 14.5 Å². The summed E-state index contributed by atoms with van der Waals surface area (Å²) in [4.78, 5) is 3.26. The molecule has 1 aromatic carbocycles. The molecule has 1 aromatic heterocycles. The third-order valence-corrected chi connectivity index (χ3v) is 7.55. The van der Waals surface area contributed by atoms with Gasteiger partial charge in [0.15, 0.2) is 6.04 Å². The van der Waals surface area contributed by atoms with E-state index in [-0.39, 0.29) is 18.0 Å². The fourth-order valence-electron chi connectivity index (χ4n) is 5.85. The molecule has 0 unspecified atom stereocenters. The smallest absolute Gasteiger partial charge is 0.214 e. The van der Waals surface area contributed by atoms with Crippen LogP contribution in [0.5, 0.6) is 0 Å². The molecular weight excluding hydrogens is 395 g/mol. The Bertz CT molecular complexity index is 823. The number of ether oxygens (including phenoxy) is 1. The minimum absolute atomic E-state index is 0.0184. The maximum Gasteiger partial charge on any atom is 0.214 e. The number of halogens is 1. The van der Waals surface area contributed by atoms with Crippen LogP contribution in [0.25, 0.3) is 0 Å². The van der Waals surface area contributed by atoms with Crippen molar-refractivity contribution in [3.05, 3.63) is 41.5 Å². The van der Waals surface area contributed by atoms with Crippen LogP contribution in [0.1, 0.15) is 62.4 Å². The number of quaternary nitrogens is 2. The van der Waals surface area contributed by atoms with Crippen molar-refractivity contribution in [1.29, 1.82) is 0 Å². The summed E-state index contributed by atoms with van der Waals surface area (Å²) in [5.41, 5.74) is 1.08. The van der Waals surface area contributed by atoms with Crippen molar-refractivity contribution >= 4 is 0 Å². The van der Waals surface area contributed by atoms with Gasteiger partial charge >= 0.3 is 0 Å². The number of rotatable bonds is 6. The Balaban J connectivity index is 1.36. The Morgan fingerprint density at radius 1 is 1.00 bits per heavy atom. The lowest BCUT2D eigenvalue weighted by atomic mass is 9.93. The van der Waals surface area contributed by atoms with Crippen molar-refractivity contribution in [2.24, 2.45) is 0 Å². The normalized spacial score (nSPS) is 28.6. The van der Waals surface area contributed by atoms with Crippen molar-refractivity contribution < 1.29 is 18.9 Å². The summed E-state index contributed by atoms with van der Waals surface area (Å²) in [6.45, 7) is 6.05. The summed E-state index contributed by atoms with van der Waals surface area (Å²) >= 11 is 0. The quantitative estimate of drug-likeness (QED) is 0.687. The third-order valence-electron chi connectivity index (χ3n) is 7.55. The molecule has 5 rings (SSSR count). The van der Waals surface area contributed by atoms with E-state index in [2.05, 4.69) is 15.5 Å². The summed E-state index contributed by atoms with van der Waals surface area (Å²) in [5, 5.41) is 12.8. The molecule has 31 heavy (non-hydrogen) atoms. The van der Waals surface area contributed by atoms with Gasteiger partial charge in [-0.05, 0) is 73.2 Å². The summed E-state index contributed by atoms with van der Waals surface area (Å²) in [5.74, 6) is 0.668. The summed E-state index contributed by atoms with van der Waals surface area (Å²) in [6.07, 6.45) is 9.27. The van der Waals surface area contributed by atoms with Crippen LogP contribution in [-0.4, -0.2) is 65.1 Å². The van der Waals surface area contributed by atoms with E-state index in [9.17, 15) is 4.39 Å². The molecule has 2 saturated heterocycles. The van der Waals surface area contributed by atoms with Crippen LogP contribution in [0.4, 0.5) is 4.39 Å². The molecule has 2 atom stereocenters. The summed E-state index contributed by atoms with van der Waals surface area (Å²) < 4.78 is 21.4. The van der Waals surface area contributed by atoms with Gasteiger partial charge in [-0.1, -0.05) is 6.42 Å². The second kappa shape index (κ2) is 9.71. The zero-order valence-corrected chi connectivity index (χ0v) is 18.3. The van der Waals surface area contributed by atoms with Crippen LogP contribution in [0.3, 0.4) is 0 Å². The van der Waals surface area contributed by atoms with Crippen LogP contribution in [0, 0.1) is 5.82 Å². The molecular formula is C23H35FN6O+2. The molecule has 3 heterocycles. The molecule has 2 aliphatic heterocycles. The lowest BCUT2D eigenvalue weighted by Crippen LogP contribution is -3.29. The molecule has 3 fully saturated rings. The van der Waals surface area contributed by atoms with E-state index in [0.29, 0.717) is 6.54 Å². The molecule has 0 bridgehead atoms. The lowest BCUT2D eigenvalue weighted by molar-refractivity contribution is -1.03. The van der Waals surface area contributed by atoms with Gasteiger partial charge in [-0.3, -0.25) is 0 Å². The Kier molecular flexibility index (Phi) is 6.57. The molecule has 1 saturated carbocycles. The van der Waals surface area contributed by atoms with E-state index >= 15 is 0 Å². The standard InChI is InChI=1S/C23H33FN6O/c24-19-10-8-18(9-11-19)22(23-25-26-27-30(23)17-21-7-4-16-31-21)29-14-12-28(13-15-29)20-5-2-1-3-6-20/h8-11,20-22H,1-7,12-17H2/p+2/t21-,22+/m0/s1. The largest absolute Gasteiger partial charge is 0.376 e. The van der Waals surface area contributed by atoms with Gasteiger partial charge in [0.2, 0.25) is 5.82 Å². The van der Waals surface area contributed by atoms with E-state index < -0.39 is 0 Å².